The van der Waals surface area contributed by atoms with Gasteiger partial charge in [-0.05, 0) is 25.1 Å². The molecule has 0 aromatic heterocycles. The summed E-state index contributed by atoms with van der Waals surface area (Å²) in [4.78, 5) is 0. The molecule has 2 aromatic rings. The van der Waals surface area contributed by atoms with E-state index in [0.29, 0.717) is 17.9 Å². The molecule has 1 N–H and O–H groups in total. The van der Waals surface area contributed by atoms with Crippen LogP contribution >= 0.6 is 0 Å². The Bertz CT molecular complexity index is 601. The van der Waals surface area contributed by atoms with Crippen molar-refractivity contribution in [3.05, 3.63) is 59.4 Å². The zero-order chi connectivity index (χ0) is 15.2. The topological polar surface area (TPSA) is 30.5 Å². The van der Waals surface area contributed by atoms with Crippen LogP contribution in [0.1, 0.15) is 24.1 Å². The zero-order valence-electron chi connectivity index (χ0n) is 12.5. The summed E-state index contributed by atoms with van der Waals surface area (Å²) in [5, 5.41) is 3.33. The van der Waals surface area contributed by atoms with Crippen LogP contribution in [-0.4, -0.2) is 14.2 Å². The molecule has 2 rings (SSSR count). The van der Waals surface area contributed by atoms with Gasteiger partial charge in [0.05, 0.1) is 25.3 Å². The smallest absolute Gasteiger partial charge is 0.132 e. The Labute approximate surface area is 124 Å². The molecule has 0 bridgehead atoms. The van der Waals surface area contributed by atoms with Crippen LogP contribution in [0.15, 0.2) is 42.5 Å². The van der Waals surface area contributed by atoms with Crippen LogP contribution in [0, 0.1) is 5.82 Å². The van der Waals surface area contributed by atoms with Crippen molar-refractivity contribution < 1.29 is 13.9 Å². The second-order valence-electron chi connectivity index (χ2n) is 4.81. The van der Waals surface area contributed by atoms with Gasteiger partial charge >= 0.3 is 0 Å². The lowest BCUT2D eigenvalue weighted by Crippen LogP contribution is -2.11. The fourth-order valence-corrected chi connectivity index (χ4v) is 2.36. The highest BCUT2D eigenvalue weighted by molar-refractivity contribution is 5.53. The summed E-state index contributed by atoms with van der Waals surface area (Å²) in [5.41, 5.74) is 2.48. The van der Waals surface area contributed by atoms with Gasteiger partial charge in [-0.15, -0.1) is 0 Å². The molecule has 0 fully saturated rings. The van der Waals surface area contributed by atoms with Gasteiger partial charge in [-0.3, -0.25) is 0 Å². The highest BCUT2D eigenvalue weighted by Crippen LogP contribution is 2.31. The van der Waals surface area contributed by atoms with E-state index in [2.05, 4.69) is 5.32 Å². The molecule has 0 aliphatic heterocycles. The number of hydrogen-bond donors (Lipinski definition) is 1. The first-order valence-corrected chi connectivity index (χ1v) is 6.83. The number of methoxy groups -OCH3 is 2. The van der Waals surface area contributed by atoms with Gasteiger partial charge in [0.25, 0.3) is 0 Å². The third kappa shape index (κ3) is 3.52. The van der Waals surface area contributed by atoms with Crippen LogP contribution in [0.2, 0.25) is 0 Å². The maximum atomic E-state index is 14.1. The summed E-state index contributed by atoms with van der Waals surface area (Å²) >= 11 is 0. The molecule has 1 unspecified atom stereocenters. The molecule has 3 nitrogen and oxygen atoms in total. The van der Waals surface area contributed by atoms with Crippen LogP contribution in [-0.2, 0) is 11.3 Å². The van der Waals surface area contributed by atoms with E-state index < -0.39 is 0 Å². The summed E-state index contributed by atoms with van der Waals surface area (Å²) in [6, 6.07) is 12.5. The summed E-state index contributed by atoms with van der Waals surface area (Å²) in [5.74, 6) is 0.262. The Morgan fingerprint density at radius 2 is 1.86 bits per heavy atom. The Morgan fingerprint density at radius 1 is 1.10 bits per heavy atom. The maximum Gasteiger partial charge on any atom is 0.132 e. The fraction of sp³-hybridized carbons (Fsp3) is 0.294. The molecule has 0 amide bonds. The minimum atomic E-state index is -0.279. The van der Waals surface area contributed by atoms with Crippen molar-refractivity contribution in [3.63, 3.8) is 0 Å². The second-order valence-corrected chi connectivity index (χ2v) is 4.81. The lowest BCUT2D eigenvalue weighted by Gasteiger charge is -2.20. The van der Waals surface area contributed by atoms with Crippen molar-refractivity contribution in [1.29, 1.82) is 0 Å². The Balaban J connectivity index is 2.28. The molecule has 0 radical (unpaired) electrons. The average molecular weight is 289 g/mol. The normalized spacial score (nSPS) is 12.0. The standard InChI is InChI=1S/C17H20FNO2/c1-12(17-14(18)8-6-10-16(17)21-3)19-15-9-5-4-7-13(15)11-20-2/h4-10,12,19H,11H2,1-3H3. The number of benzene rings is 2. The first-order valence-electron chi connectivity index (χ1n) is 6.83. The molecular weight excluding hydrogens is 269 g/mol. The van der Waals surface area contributed by atoms with Crippen molar-refractivity contribution in [2.75, 3.05) is 19.5 Å². The monoisotopic (exact) mass is 289 g/mol. The molecule has 0 heterocycles. The number of anilines is 1. The van der Waals surface area contributed by atoms with Gasteiger partial charge in [0.2, 0.25) is 0 Å². The Morgan fingerprint density at radius 3 is 2.57 bits per heavy atom. The Kier molecular flexibility index (Phi) is 5.17. The van der Waals surface area contributed by atoms with E-state index in [1.807, 2.05) is 31.2 Å². The van der Waals surface area contributed by atoms with Crippen molar-refractivity contribution in [2.24, 2.45) is 0 Å². The molecule has 0 saturated heterocycles. The number of halogens is 1. The van der Waals surface area contributed by atoms with E-state index in [1.54, 1.807) is 26.4 Å². The molecule has 1 atom stereocenters. The van der Waals surface area contributed by atoms with Crippen LogP contribution in [0.3, 0.4) is 0 Å². The zero-order valence-corrected chi connectivity index (χ0v) is 12.5. The lowest BCUT2D eigenvalue weighted by molar-refractivity contribution is 0.185. The van der Waals surface area contributed by atoms with Crippen molar-refractivity contribution in [3.8, 4) is 5.75 Å². The van der Waals surface area contributed by atoms with Crippen molar-refractivity contribution >= 4 is 5.69 Å². The first kappa shape index (κ1) is 15.3. The number of ether oxygens (including phenoxy) is 2. The van der Waals surface area contributed by atoms with Gasteiger partial charge in [0.15, 0.2) is 0 Å². The van der Waals surface area contributed by atoms with Gasteiger partial charge in [-0.2, -0.15) is 0 Å². The molecule has 0 spiro atoms. The molecular formula is C17H20FNO2. The van der Waals surface area contributed by atoms with Crippen molar-refractivity contribution in [2.45, 2.75) is 19.6 Å². The van der Waals surface area contributed by atoms with Crippen LogP contribution in [0.25, 0.3) is 0 Å². The summed E-state index contributed by atoms with van der Waals surface area (Å²) in [6.07, 6.45) is 0. The predicted molar refractivity (Wildman–Crippen MR) is 82.1 cm³/mol. The fourth-order valence-electron chi connectivity index (χ4n) is 2.36. The SMILES string of the molecule is COCc1ccccc1NC(C)c1c(F)cccc1OC. The van der Waals surface area contributed by atoms with E-state index in [0.717, 1.165) is 11.3 Å². The lowest BCUT2D eigenvalue weighted by atomic mass is 10.0. The van der Waals surface area contributed by atoms with Crippen molar-refractivity contribution in [1.82, 2.24) is 0 Å². The third-order valence-electron chi connectivity index (χ3n) is 3.36. The molecule has 0 aliphatic rings. The van der Waals surface area contributed by atoms with Gasteiger partial charge in [-0.1, -0.05) is 24.3 Å². The van der Waals surface area contributed by atoms with Crippen LogP contribution in [0.4, 0.5) is 10.1 Å². The highest BCUT2D eigenvalue weighted by Gasteiger charge is 2.17. The predicted octanol–water partition coefficient (Wildman–Crippen LogP) is 4.15. The van der Waals surface area contributed by atoms with Crippen LogP contribution in [0.5, 0.6) is 5.75 Å². The molecule has 21 heavy (non-hydrogen) atoms. The molecule has 0 saturated carbocycles. The minimum Gasteiger partial charge on any atom is -0.496 e. The third-order valence-corrected chi connectivity index (χ3v) is 3.36. The van der Waals surface area contributed by atoms with E-state index in [1.165, 1.54) is 6.07 Å². The van der Waals surface area contributed by atoms with E-state index >= 15 is 0 Å². The van der Waals surface area contributed by atoms with E-state index in [4.69, 9.17) is 9.47 Å². The summed E-state index contributed by atoms with van der Waals surface area (Å²) in [7, 11) is 3.20. The second kappa shape index (κ2) is 7.09. The molecule has 4 heteroatoms. The summed E-state index contributed by atoms with van der Waals surface area (Å²) < 4.78 is 24.5. The Hall–Kier alpha value is -2.07. The minimum absolute atomic E-state index is 0.223. The molecule has 2 aromatic carbocycles. The number of rotatable bonds is 6. The molecule has 112 valence electrons. The van der Waals surface area contributed by atoms with E-state index in [-0.39, 0.29) is 11.9 Å². The summed E-state index contributed by atoms with van der Waals surface area (Å²) in [6.45, 7) is 2.41. The number of nitrogens with one attached hydrogen (secondary N) is 1. The number of para-hydroxylation sites is 1. The highest BCUT2D eigenvalue weighted by atomic mass is 19.1. The van der Waals surface area contributed by atoms with Gasteiger partial charge in [0, 0.05) is 18.4 Å². The quantitative estimate of drug-likeness (QED) is 0.866. The average Bonchev–Trinajstić information content (AvgIpc) is 2.49. The van der Waals surface area contributed by atoms with Gasteiger partial charge in [0.1, 0.15) is 11.6 Å². The number of hydrogen-bond acceptors (Lipinski definition) is 3. The van der Waals surface area contributed by atoms with E-state index in [9.17, 15) is 4.39 Å². The first-order chi connectivity index (χ1) is 10.2. The largest absolute Gasteiger partial charge is 0.496 e. The molecule has 0 aliphatic carbocycles. The van der Waals surface area contributed by atoms with Crippen LogP contribution < -0.4 is 10.1 Å². The van der Waals surface area contributed by atoms with Gasteiger partial charge in [-0.25, -0.2) is 4.39 Å². The van der Waals surface area contributed by atoms with Gasteiger partial charge < -0.3 is 14.8 Å². The maximum absolute atomic E-state index is 14.1.